The molecule has 1 aromatic heterocycles. The predicted molar refractivity (Wildman–Crippen MR) is 183 cm³/mol. The Balaban J connectivity index is 1.26. The fourth-order valence-corrected chi connectivity index (χ4v) is 7.64. The van der Waals surface area contributed by atoms with E-state index >= 15 is 0 Å². The maximum atomic E-state index is 2.46. The number of hydrogen-bond donors (Lipinski definition) is 0. The van der Waals surface area contributed by atoms with Crippen LogP contribution in [0.3, 0.4) is 0 Å². The van der Waals surface area contributed by atoms with Crippen molar-refractivity contribution < 1.29 is 0 Å². The van der Waals surface area contributed by atoms with E-state index in [0.29, 0.717) is 0 Å². The molecule has 1 heterocycles. The van der Waals surface area contributed by atoms with E-state index in [4.69, 9.17) is 0 Å². The number of benzene rings is 8. The molecule has 1 heteroatoms. The van der Waals surface area contributed by atoms with Crippen LogP contribution in [0, 0.1) is 0 Å². The van der Waals surface area contributed by atoms with Crippen molar-refractivity contribution in [2.75, 3.05) is 0 Å². The highest BCUT2D eigenvalue weighted by Crippen LogP contribution is 2.49. The van der Waals surface area contributed by atoms with E-state index in [1.807, 2.05) is 0 Å². The lowest BCUT2D eigenvalue weighted by Crippen LogP contribution is -1.94. The van der Waals surface area contributed by atoms with Crippen molar-refractivity contribution in [2.24, 2.45) is 0 Å². The zero-order valence-corrected chi connectivity index (χ0v) is 23.4. The minimum atomic E-state index is 1.17. The number of fused-ring (bicyclic) bond motifs is 10. The molecule has 43 heavy (non-hydrogen) atoms. The summed E-state index contributed by atoms with van der Waals surface area (Å²) in [6.07, 6.45) is 0. The first-order valence-corrected chi connectivity index (χ1v) is 14.9. The molecule has 9 aromatic rings. The molecule has 0 saturated heterocycles. The average molecular weight is 544 g/mol. The standard InChI is InChI=1S/C42H25N/c1-3-14-32-26(9-1)19-21-38-41(32)42-33-15-4-2-10-27(33)20-22-39(42)43(38)31-13-7-11-28(24-31)30-23-29-12-8-18-36-34-16-5-6-17-35(34)37(25-30)40(29)36/h1-25H. The molecule has 0 aliphatic heterocycles. The van der Waals surface area contributed by atoms with E-state index in [9.17, 15) is 0 Å². The van der Waals surface area contributed by atoms with Gasteiger partial charge >= 0.3 is 0 Å². The van der Waals surface area contributed by atoms with Crippen molar-refractivity contribution in [3.05, 3.63) is 152 Å². The first-order valence-electron chi connectivity index (χ1n) is 14.9. The van der Waals surface area contributed by atoms with Gasteiger partial charge in [-0.2, -0.15) is 0 Å². The summed E-state index contributed by atoms with van der Waals surface area (Å²) in [6.45, 7) is 0. The average Bonchev–Trinajstić information content (AvgIpc) is 3.59. The third-order valence-corrected chi connectivity index (χ3v) is 9.47. The van der Waals surface area contributed by atoms with E-state index < -0.39 is 0 Å². The van der Waals surface area contributed by atoms with Crippen LogP contribution in [0.1, 0.15) is 0 Å². The van der Waals surface area contributed by atoms with Gasteiger partial charge in [0.25, 0.3) is 0 Å². The third-order valence-electron chi connectivity index (χ3n) is 9.47. The number of nitrogens with zero attached hydrogens (tertiary/aromatic N) is 1. The Morgan fingerprint density at radius 1 is 0.326 bits per heavy atom. The predicted octanol–water partition coefficient (Wildman–Crippen LogP) is 11.6. The van der Waals surface area contributed by atoms with Crippen molar-refractivity contribution >= 4 is 54.1 Å². The van der Waals surface area contributed by atoms with Gasteiger partial charge in [0, 0.05) is 16.5 Å². The molecular formula is C42H25N. The lowest BCUT2D eigenvalue weighted by Gasteiger charge is -2.12. The van der Waals surface area contributed by atoms with Crippen molar-refractivity contribution in [3.63, 3.8) is 0 Å². The first-order chi connectivity index (χ1) is 21.3. The van der Waals surface area contributed by atoms with Crippen molar-refractivity contribution in [3.8, 4) is 39.1 Å². The molecule has 0 spiro atoms. The van der Waals surface area contributed by atoms with Crippen molar-refractivity contribution in [2.45, 2.75) is 0 Å². The highest BCUT2D eigenvalue weighted by atomic mass is 15.0. The van der Waals surface area contributed by atoms with Gasteiger partial charge in [-0.3, -0.25) is 0 Å². The van der Waals surface area contributed by atoms with Gasteiger partial charge in [-0.1, -0.05) is 115 Å². The van der Waals surface area contributed by atoms with Crippen molar-refractivity contribution in [1.29, 1.82) is 0 Å². The summed E-state index contributed by atoms with van der Waals surface area (Å²) in [5.41, 5.74) is 11.4. The van der Waals surface area contributed by atoms with Crippen LogP contribution < -0.4 is 0 Å². The van der Waals surface area contributed by atoms with Crippen LogP contribution in [-0.2, 0) is 0 Å². The molecule has 0 N–H and O–H groups in total. The quantitative estimate of drug-likeness (QED) is 0.204. The minimum absolute atomic E-state index is 1.17. The molecule has 0 atom stereocenters. The Labute approximate surface area is 248 Å². The monoisotopic (exact) mass is 543 g/mol. The summed E-state index contributed by atoms with van der Waals surface area (Å²) in [5, 5.41) is 10.4. The van der Waals surface area contributed by atoms with Crippen molar-refractivity contribution in [1.82, 2.24) is 4.57 Å². The molecule has 0 saturated carbocycles. The van der Waals surface area contributed by atoms with Gasteiger partial charge in [-0.25, -0.2) is 0 Å². The molecule has 198 valence electrons. The second kappa shape index (κ2) is 8.44. The van der Waals surface area contributed by atoms with E-state index in [1.165, 1.54) is 93.2 Å². The maximum absolute atomic E-state index is 2.46. The molecule has 0 amide bonds. The molecule has 0 bridgehead atoms. The molecule has 10 rings (SSSR count). The SMILES string of the molecule is c1cc(-c2cc3c4c(cccc4c2)-c2ccccc2-3)cc(-n2c3ccc4ccccc4c3c3c4ccccc4ccc32)c1. The van der Waals surface area contributed by atoms with E-state index in [-0.39, 0.29) is 0 Å². The fourth-order valence-electron chi connectivity index (χ4n) is 7.64. The van der Waals surface area contributed by atoms with Crippen LogP contribution in [-0.4, -0.2) is 4.57 Å². The highest BCUT2D eigenvalue weighted by molar-refractivity contribution is 6.28. The summed E-state index contributed by atoms with van der Waals surface area (Å²) in [6, 6.07) is 56.0. The molecule has 1 aliphatic carbocycles. The first kappa shape index (κ1) is 23.0. The zero-order valence-electron chi connectivity index (χ0n) is 23.4. The molecule has 0 unspecified atom stereocenters. The molecule has 0 radical (unpaired) electrons. The zero-order chi connectivity index (χ0) is 28.1. The minimum Gasteiger partial charge on any atom is -0.309 e. The van der Waals surface area contributed by atoms with Crippen LogP contribution in [0.25, 0.3) is 93.2 Å². The van der Waals surface area contributed by atoms with E-state index in [2.05, 4.69) is 156 Å². The smallest absolute Gasteiger partial charge is 0.0547 e. The Hall–Kier alpha value is -5.66. The Morgan fingerprint density at radius 2 is 0.907 bits per heavy atom. The van der Waals surface area contributed by atoms with Gasteiger partial charge in [0.1, 0.15) is 0 Å². The maximum Gasteiger partial charge on any atom is 0.0547 e. The largest absolute Gasteiger partial charge is 0.309 e. The molecule has 1 nitrogen and oxygen atoms in total. The van der Waals surface area contributed by atoms with Gasteiger partial charge in [0.05, 0.1) is 11.0 Å². The van der Waals surface area contributed by atoms with Gasteiger partial charge in [-0.15, -0.1) is 0 Å². The van der Waals surface area contributed by atoms with Gasteiger partial charge in [-0.05, 0) is 102 Å². The number of aromatic nitrogens is 1. The lowest BCUT2D eigenvalue weighted by molar-refractivity contribution is 1.18. The number of hydrogen-bond acceptors (Lipinski definition) is 0. The lowest BCUT2D eigenvalue weighted by atomic mass is 9.96. The molecule has 8 aromatic carbocycles. The molecule has 1 aliphatic rings. The number of rotatable bonds is 2. The fraction of sp³-hybridized carbons (Fsp3) is 0. The van der Waals surface area contributed by atoms with Gasteiger partial charge in [0.2, 0.25) is 0 Å². The summed E-state index contributed by atoms with van der Waals surface area (Å²) in [5.74, 6) is 0. The second-order valence-corrected chi connectivity index (χ2v) is 11.7. The van der Waals surface area contributed by atoms with Gasteiger partial charge in [0.15, 0.2) is 0 Å². The van der Waals surface area contributed by atoms with E-state index in [0.717, 1.165) is 0 Å². The molecular weight excluding hydrogens is 518 g/mol. The van der Waals surface area contributed by atoms with Crippen LogP contribution in [0.4, 0.5) is 0 Å². The van der Waals surface area contributed by atoms with Crippen LogP contribution in [0.2, 0.25) is 0 Å². The van der Waals surface area contributed by atoms with E-state index in [1.54, 1.807) is 0 Å². The van der Waals surface area contributed by atoms with Crippen LogP contribution in [0.15, 0.2) is 152 Å². The Morgan fingerprint density at radius 3 is 1.63 bits per heavy atom. The summed E-state index contributed by atoms with van der Waals surface area (Å²) < 4.78 is 2.46. The highest BCUT2D eigenvalue weighted by Gasteiger charge is 2.22. The Bertz CT molecular complexity index is 2520. The van der Waals surface area contributed by atoms with Gasteiger partial charge < -0.3 is 4.57 Å². The Kier molecular flexibility index (Phi) is 4.51. The van der Waals surface area contributed by atoms with Crippen LogP contribution >= 0.6 is 0 Å². The topological polar surface area (TPSA) is 4.93 Å². The normalized spacial score (nSPS) is 12.2. The third kappa shape index (κ3) is 3.11. The summed E-state index contributed by atoms with van der Waals surface area (Å²) >= 11 is 0. The molecule has 0 fully saturated rings. The summed E-state index contributed by atoms with van der Waals surface area (Å²) in [4.78, 5) is 0. The van der Waals surface area contributed by atoms with Crippen LogP contribution in [0.5, 0.6) is 0 Å². The second-order valence-electron chi connectivity index (χ2n) is 11.7. The summed E-state index contributed by atoms with van der Waals surface area (Å²) in [7, 11) is 0.